The molecule has 0 aromatic heterocycles. The van der Waals surface area contributed by atoms with Gasteiger partial charge in [0.15, 0.2) is 0 Å². The van der Waals surface area contributed by atoms with Crippen molar-refractivity contribution in [2.45, 2.75) is 64.5 Å². The fraction of sp³-hybridized carbons (Fsp3) is 0.684. The van der Waals surface area contributed by atoms with Crippen LogP contribution in [0.4, 0.5) is 0 Å². The van der Waals surface area contributed by atoms with Crippen molar-refractivity contribution < 1.29 is 4.74 Å². The first-order valence-corrected chi connectivity index (χ1v) is 8.66. The Bertz CT molecular complexity index is 412. The van der Waals surface area contributed by atoms with E-state index < -0.39 is 0 Å². The largest absolute Gasteiger partial charge is 0.373 e. The van der Waals surface area contributed by atoms with Crippen LogP contribution < -0.4 is 5.32 Å². The Hall–Kier alpha value is -0.860. The first-order chi connectivity index (χ1) is 10.3. The molecule has 1 aliphatic heterocycles. The zero-order chi connectivity index (χ0) is 15.1. The van der Waals surface area contributed by atoms with Crippen LogP contribution in [0.3, 0.4) is 0 Å². The standard InChI is InChI=1S/C19H31NO/c1-4-8-16(9-5-2)18(20-3)14-19-17-11-7-6-10-15(17)12-13-21-19/h6-7,10-11,16,18-20H,4-5,8-9,12-14H2,1-3H3. The van der Waals surface area contributed by atoms with Gasteiger partial charge in [-0.05, 0) is 49.8 Å². The molecule has 1 aliphatic rings. The van der Waals surface area contributed by atoms with Gasteiger partial charge in [-0.2, -0.15) is 0 Å². The van der Waals surface area contributed by atoms with Crippen LogP contribution in [0.25, 0.3) is 0 Å². The quantitative estimate of drug-likeness (QED) is 0.761. The first-order valence-electron chi connectivity index (χ1n) is 8.66. The van der Waals surface area contributed by atoms with Gasteiger partial charge in [0.25, 0.3) is 0 Å². The highest BCUT2D eigenvalue weighted by molar-refractivity contribution is 5.31. The maximum absolute atomic E-state index is 6.10. The minimum Gasteiger partial charge on any atom is -0.373 e. The summed E-state index contributed by atoms with van der Waals surface area (Å²) < 4.78 is 6.10. The molecule has 0 fully saturated rings. The highest BCUT2D eigenvalue weighted by Crippen LogP contribution is 2.33. The molecule has 0 saturated carbocycles. The number of fused-ring (bicyclic) bond motifs is 1. The molecule has 118 valence electrons. The molecule has 0 amide bonds. The third kappa shape index (κ3) is 4.31. The van der Waals surface area contributed by atoms with Gasteiger partial charge in [0, 0.05) is 6.04 Å². The number of hydrogen-bond acceptors (Lipinski definition) is 2. The van der Waals surface area contributed by atoms with E-state index in [1.54, 1.807) is 0 Å². The molecule has 0 radical (unpaired) electrons. The van der Waals surface area contributed by atoms with Gasteiger partial charge >= 0.3 is 0 Å². The van der Waals surface area contributed by atoms with Crippen LogP contribution >= 0.6 is 0 Å². The lowest BCUT2D eigenvalue weighted by molar-refractivity contribution is 0.0241. The summed E-state index contributed by atoms with van der Waals surface area (Å²) in [6.45, 7) is 5.45. The third-order valence-corrected chi connectivity index (χ3v) is 4.82. The minimum absolute atomic E-state index is 0.267. The second kappa shape index (κ2) is 8.55. The number of rotatable bonds is 8. The van der Waals surface area contributed by atoms with Crippen LogP contribution in [0, 0.1) is 5.92 Å². The molecule has 1 aromatic carbocycles. The molecular weight excluding hydrogens is 258 g/mol. The van der Waals surface area contributed by atoms with Gasteiger partial charge in [-0.1, -0.05) is 51.0 Å². The van der Waals surface area contributed by atoms with E-state index in [2.05, 4.69) is 50.5 Å². The van der Waals surface area contributed by atoms with Crippen molar-refractivity contribution in [2.75, 3.05) is 13.7 Å². The maximum Gasteiger partial charge on any atom is 0.0842 e. The van der Waals surface area contributed by atoms with E-state index in [1.165, 1.54) is 36.8 Å². The van der Waals surface area contributed by atoms with Crippen molar-refractivity contribution in [3.05, 3.63) is 35.4 Å². The summed E-state index contributed by atoms with van der Waals surface area (Å²) in [5.41, 5.74) is 2.89. The summed E-state index contributed by atoms with van der Waals surface area (Å²) in [5.74, 6) is 0.766. The van der Waals surface area contributed by atoms with E-state index in [0.717, 1.165) is 25.4 Å². The van der Waals surface area contributed by atoms with Gasteiger partial charge in [0.1, 0.15) is 0 Å². The number of nitrogens with one attached hydrogen (secondary N) is 1. The van der Waals surface area contributed by atoms with Gasteiger partial charge in [0.05, 0.1) is 12.7 Å². The molecule has 1 N–H and O–H groups in total. The molecule has 0 saturated heterocycles. The highest BCUT2D eigenvalue weighted by atomic mass is 16.5. The Balaban J connectivity index is 2.08. The SMILES string of the molecule is CCCC(CCC)C(CC1OCCc2ccccc21)NC. The van der Waals surface area contributed by atoms with Gasteiger partial charge in [0.2, 0.25) is 0 Å². The fourth-order valence-corrected chi connectivity index (χ4v) is 3.74. The van der Waals surface area contributed by atoms with E-state index in [9.17, 15) is 0 Å². The van der Waals surface area contributed by atoms with Gasteiger partial charge in [-0.25, -0.2) is 0 Å². The summed E-state index contributed by atoms with van der Waals surface area (Å²) in [4.78, 5) is 0. The van der Waals surface area contributed by atoms with E-state index in [-0.39, 0.29) is 6.10 Å². The second-order valence-electron chi connectivity index (χ2n) is 6.28. The predicted molar refractivity (Wildman–Crippen MR) is 89.6 cm³/mol. The smallest absolute Gasteiger partial charge is 0.0842 e. The summed E-state index contributed by atoms with van der Waals surface area (Å²) in [5, 5.41) is 3.57. The van der Waals surface area contributed by atoms with Crippen LogP contribution in [0.15, 0.2) is 24.3 Å². The Labute approximate surface area is 130 Å². The zero-order valence-corrected chi connectivity index (χ0v) is 13.9. The topological polar surface area (TPSA) is 21.3 Å². The Morgan fingerprint density at radius 2 is 1.90 bits per heavy atom. The van der Waals surface area contributed by atoms with Crippen LogP contribution in [-0.4, -0.2) is 19.7 Å². The van der Waals surface area contributed by atoms with E-state index in [0.29, 0.717) is 6.04 Å². The molecule has 2 heteroatoms. The number of hydrogen-bond donors (Lipinski definition) is 1. The lowest BCUT2D eigenvalue weighted by atomic mass is 9.84. The lowest BCUT2D eigenvalue weighted by Crippen LogP contribution is -2.36. The highest BCUT2D eigenvalue weighted by Gasteiger charge is 2.27. The molecule has 0 bridgehead atoms. The molecule has 1 aromatic rings. The Morgan fingerprint density at radius 3 is 2.57 bits per heavy atom. The molecule has 21 heavy (non-hydrogen) atoms. The van der Waals surface area contributed by atoms with E-state index in [4.69, 9.17) is 4.74 Å². The van der Waals surface area contributed by atoms with Crippen molar-refractivity contribution in [1.29, 1.82) is 0 Å². The molecule has 0 aliphatic carbocycles. The van der Waals surface area contributed by atoms with Gasteiger partial charge < -0.3 is 10.1 Å². The first kappa shape index (κ1) is 16.5. The van der Waals surface area contributed by atoms with Crippen molar-refractivity contribution in [1.82, 2.24) is 5.32 Å². The molecule has 2 atom stereocenters. The lowest BCUT2D eigenvalue weighted by Gasteiger charge is -2.33. The van der Waals surface area contributed by atoms with Crippen LogP contribution in [-0.2, 0) is 11.2 Å². The second-order valence-corrected chi connectivity index (χ2v) is 6.28. The van der Waals surface area contributed by atoms with Gasteiger partial charge in [-0.3, -0.25) is 0 Å². The maximum atomic E-state index is 6.10. The zero-order valence-electron chi connectivity index (χ0n) is 13.9. The summed E-state index contributed by atoms with van der Waals surface area (Å²) in [6.07, 6.45) is 7.59. The Kier molecular flexibility index (Phi) is 6.72. The van der Waals surface area contributed by atoms with Crippen molar-refractivity contribution in [3.8, 4) is 0 Å². The van der Waals surface area contributed by atoms with Gasteiger partial charge in [-0.15, -0.1) is 0 Å². The number of benzene rings is 1. The van der Waals surface area contributed by atoms with Crippen molar-refractivity contribution in [2.24, 2.45) is 5.92 Å². The van der Waals surface area contributed by atoms with Crippen LogP contribution in [0.5, 0.6) is 0 Å². The average molecular weight is 289 g/mol. The minimum atomic E-state index is 0.267. The van der Waals surface area contributed by atoms with E-state index >= 15 is 0 Å². The Morgan fingerprint density at radius 1 is 1.19 bits per heavy atom. The van der Waals surface area contributed by atoms with Crippen LogP contribution in [0.1, 0.15) is 63.2 Å². The molecule has 0 spiro atoms. The summed E-state index contributed by atoms with van der Waals surface area (Å²) in [7, 11) is 2.11. The summed E-state index contributed by atoms with van der Waals surface area (Å²) >= 11 is 0. The molecular formula is C19H31NO. The van der Waals surface area contributed by atoms with Crippen molar-refractivity contribution in [3.63, 3.8) is 0 Å². The predicted octanol–water partition coefficient (Wildman–Crippen LogP) is 4.49. The number of ether oxygens (including phenoxy) is 1. The monoisotopic (exact) mass is 289 g/mol. The fourth-order valence-electron chi connectivity index (χ4n) is 3.74. The average Bonchev–Trinajstić information content (AvgIpc) is 2.52. The molecule has 2 unspecified atom stereocenters. The summed E-state index contributed by atoms with van der Waals surface area (Å²) in [6, 6.07) is 9.36. The third-order valence-electron chi connectivity index (χ3n) is 4.82. The normalized spacial score (nSPS) is 19.5. The molecule has 2 rings (SSSR count). The molecule has 2 nitrogen and oxygen atoms in total. The molecule has 1 heterocycles. The van der Waals surface area contributed by atoms with E-state index in [1.807, 2.05) is 0 Å². The van der Waals surface area contributed by atoms with Crippen molar-refractivity contribution >= 4 is 0 Å². The van der Waals surface area contributed by atoms with Crippen LogP contribution in [0.2, 0.25) is 0 Å².